The number of carbonyl (C=O) groups excluding carboxylic acids is 1. The van der Waals surface area contributed by atoms with Crippen molar-refractivity contribution in [2.45, 2.75) is 27.2 Å². The minimum atomic E-state index is 0.217. The Morgan fingerprint density at radius 2 is 2.19 bits per heavy atom. The summed E-state index contributed by atoms with van der Waals surface area (Å²) in [6.45, 7) is 13.0. The molecule has 1 amide bonds. The van der Waals surface area contributed by atoms with Crippen molar-refractivity contribution in [1.82, 2.24) is 10.2 Å². The summed E-state index contributed by atoms with van der Waals surface area (Å²) in [7, 11) is 1.90. The van der Waals surface area contributed by atoms with E-state index in [1.54, 1.807) is 0 Å². The zero-order valence-corrected chi connectivity index (χ0v) is 11.0. The highest BCUT2D eigenvalue weighted by Gasteiger charge is 2.36. The third-order valence-electron chi connectivity index (χ3n) is 3.28. The van der Waals surface area contributed by atoms with E-state index in [0.717, 1.165) is 18.7 Å². The maximum absolute atomic E-state index is 11.8. The lowest BCUT2D eigenvalue weighted by Crippen LogP contribution is -2.31. The van der Waals surface area contributed by atoms with Gasteiger partial charge in [0.25, 0.3) is 0 Å². The first-order chi connectivity index (χ1) is 7.34. The van der Waals surface area contributed by atoms with Crippen LogP contribution in [0.1, 0.15) is 27.2 Å². The highest BCUT2D eigenvalue weighted by atomic mass is 16.2. The molecule has 1 N–H and O–H groups in total. The average molecular weight is 224 g/mol. The molecule has 0 saturated carbocycles. The summed E-state index contributed by atoms with van der Waals surface area (Å²) < 4.78 is 0. The van der Waals surface area contributed by atoms with Gasteiger partial charge in [0.2, 0.25) is 5.91 Å². The van der Waals surface area contributed by atoms with Crippen LogP contribution in [0.5, 0.6) is 0 Å². The lowest BCUT2D eigenvalue weighted by molar-refractivity contribution is -0.127. The minimum absolute atomic E-state index is 0.217. The van der Waals surface area contributed by atoms with Crippen LogP contribution in [0.15, 0.2) is 12.2 Å². The fraction of sp³-hybridized carbons (Fsp3) is 0.769. The van der Waals surface area contributed by atoms with Gasteiger partial charge in [0.1, 0.15) is 0 Å². The number of nitrogens with one attached hydrogen (secondary N) is 1. The van der Waals surface area contributed by atoms with Gasteiger partial charge in [0.15, 0.2) is 0 Å². The third kappa shape index (κ3) is 3.34. The van der Waals surface area contributed by atoms with Crippen molar-refractivity contribution in [3.8, 4) is 0 Å². The quantitative estimate of drug-likeness (QED) is 0.737. The van der Waals surface area contributed by atoms with Crippen molar-refractivity contribution in [2.24, 2.45) is 11.3 Å². The van der Waals surface area contributed by atoms with Crippen LogP contribution in [0.2, 0.25) is 0 Å². The number of likely N-dealkylation sites (tertiary alicyclic amines) is 1. The van der Waals surface area contributed by atoms with E-state index in [2.05, 4.69) is 32.7 Å². The van der Waals surface area contributed by atoms with Gasteiger partial charge >= 0.3 is 0 Å². The minimum Gasteiger partial charge on any atom is -0.338 e. The van der Waals surface area contributed by atoms with E-state index >= 15 is 0 Å². The second-order valence-electron chi connectivity index (χ2n) is 5.82. The second-order valence-corrected chi connectivity index (χ2v) is 5.82. The Balaban J connectivity index is 2.52. The number of carbonyl (C=O) groups is 1. The van der Waals surface area contributed by atoms with Gasteiger partial charge in [-0.05, 0) is 24.0 Å². The molecule has 0 spiro atoms. The highest BCUT2D eigenvalue weighted by molar-refractivity contribution is 5.79. The number of amides is 1. The molecule has 16 heavy (non-hydrogen) atoms. The maximum atomic E-state index is 11.8. The Morgan fingerprint density at radius 1 is 1.56 bits per heavy atom. The van der Waals surface area contributed by atoms with Gasteiger partial charge in [-0.2, -0.15) is 0 Å². The molecule has 1 aliphatic rings. The summed E-state index contributed by atoms with van der Waals surface area (Å²) in [5.74, 6) is 0.750. The maximum Gasteiger partial charge on any atom is 0.223 e. The van der Waals surface area contributed by atoms with Crippen LogP contribution >= 0.6 is 0 Å². The number of rotatable bonds is 4. The lowest BCUT2D eigenvalue weighted by atomic mass is 9.80. The van der Waals surface area contributed by atoms with Gasteiger partial charge < -0.3 is 10.2 Å². The van der Waals surface area contributed by atoms with Crippen LogP contribution in [-0.2, 0) is 4.79 Å². The van der Waals surface area contributed by atoms with Crippen LogP contribution in [0.4, 0.5) is 0 Å². The third-order valence-corrected chi connectivity index (χ3v) is 3.28. The van der Waals surface area contributed by atoms with E-state index in [9.17, 15) is 4.79 Å². The monoisotopic (exact) mass is 224 g/mol. The smallest absolute Gasteiger partial charge is 0.223 e. The fourth-order valence-electron chi connectivity index (χ4n) is 2.08. The molecule has 1 unspecified atom stereocenters. The summed E-state index contributed by atoms with van der Waals surface area (Å²) in [5.41, 5.74) is 1.29. The molecule has 0 radical (unpaired) electrons. The summed E-state index contributed by atoms with van der Waals surface area (Å²) in [4.78, 5) is 13.8. The zero-order valence-electron chi connectivity index (χ0n) is 11.0. The molecule has 3 heteroatoms. The molecule has 0 aliphatic carbocycles. The largest absolute Gasteiger partial charge is 0.338 e. The molecule has 92 valence electrons. The first-order valence-electron chi connectivity index (χ1n) is 5.93. The van der Waals surface area contributed by atoms with Gasteiger partial charge in [-0.3, -0.25) is 4.79 Å². The molecule has 0 aromatic rings. The zero-order chi connectivity index (χ0) is 12.3. The Morgan fingerprint density at radius 3 is 2.62 bits per heavy atom. The average Bonchev–Trinajstić information content (AvgIpc) is 2.47. The Hall–Kier alpha value is -0.830. The predicted octanol–water partition coefficient (Wildman–Crippen LogP) is 1.66. The summed E-state index contributed by atoms with van der Waals surface area (Å²) in [6.07, 6.45) is 0.691. The molecule has 1 fully saturated rings. The number of nitrogens with zero attached hydrogens (tertiary/aromatic N) is 1. The van der Waals surface area contributed by atoms with Gasteiger partial charge in [-0.1, -0.05) is 27.4 Å². The van der Waals surface area contributed by atoms with E-state index < -0.39 is 0 Å². The molecular weight excluding hydrogens is 200 g/mol. The number of hydrogen-bond acceptors (Lipinski definition) is 2. The van der Waals surface area contributed by atoms with Crippen LogP contribution in [0.25, 0.3) is 0 Å². The molecule has 0 aromatic heterocycles. The molecule has 1 heterocycles. The molecule has 3 nitrogen and oxygen atoms in total. The van der Waals surface area contributed by atoms with Crippen LogP contribution in [0, 0.1) is 11.3 Å². The molecule has 1 atom stereocenters. The van der Waals surface area contributed by atoms with Gasteiger partial charge in [-0.15, -0.1) is 0 Å². The van der Waals surface area contributed by atoms with E-state index in [0.29, 0.717) is 18.9 Å². The van der Waals surface area contributed by atoms with E-state index in [1.165, 1.54) is 0 Å². The first kappa shape index (κ1) is 13.2. The Kier molecular flexibility index (Phi) is 4.14. The van der Waals surface area contributed by atoms with E-state index in [1.807, 2.05) is 11.9 Å². The van der Waals surface area contributed by atoms with Gasteiger partial charge in [-0.25, -0.2) is 0 Å². The summed E-state index contributed by atoms with van der Waals surface area (Å²) in [5, 5.41) is 3.06. The van der Waals surface area contributed by atoms with E-state index in [-0.39, 0.29) is 11.3 Å². The molecule has 1 saturated heterocycles. The Labute approximate surface area is 98.9 Å². The molecule has 0 bridgehead atoms. The van der Waals surface area contributed by atoms with Crippen LogP contribution in [0.3, 0.4) is 0 Å². The normalized spacial score (nSPS) is 21.6. The van der Waals surface area contributed by atoms with Crippen LogP contribution < -0.4 is 5.32 Å². The van der Waals surface area contributed by atoms with Crippen molar-refractivity contribution in [3.05, 3.63) is 12.2 Å². The summed E-state index contributed by atoms with van der Waals surface area (Å²) >= 11 is 0. The summed E-state index contributed by atoms with van der Waals surface area (Å²) in [6, 6.07) is 0. The van der Waals surface area contributed by atoms with Crippen molar-refractivity contribution < 1.29 is 4.79 Å². The van der Waals surface area contributed by atoms with Crippen molar-refractivity contribution in [2.75, 3.05) is 26.7 Å². The van der Waals surface area contributed by atoms with Crippen LogP contribution in [-0.4, -0.2) is 37.5 Å². The number of hydrogen-bond donors (Lipinski definition) is 1. The van der Waals surface area contributed by atoms with E-state index in [4.69, 9.17) is 0 Å². The number of likely N-dealkylation sites (N-methyl/N-ethyl adjacent to an activating group) is 1. The van der Waals surface area contributed by atoms with Crippen molar-refractivity contribution >= 4 is 5.91 Å². The molecule has 1 aliphatic heterocycles. The van der Waals surface area contributed by atoms with Crippen molar-refractivity contribution in [3.63, 3.8) is 0 Å². The molecular formula is C13H24N2O. The highest BCUT2D eigenvalue weighted by Crippen LogP contribution is 2.34. The first-order valence-corrected chi connectivity index (χ1v) is 5.93. The van der Waals surface area contributed by atoms with Gasteiger partial charge in [0, 0.05) is 26.1 Å². The van der Waals surface area contributed by atoms with Gasteiger partial charge in [0.05, 0.1) is 0 Å². The molecule has 1 rings (SSSR count). The fourth-order valence-corrected chi connectivity index (χ4v) is 2.08. The Bertz CT molecular complexity index is 278. The predicted molar refractivity (Wildman–Crippen MR) is 67.2 cm³/mol. The van der Waals surface area contributed by atoms with Crippen molar-refractivity contribution in [1.29, 1.82) is 0 Å². The second kappa shape index (κ2) is 5.00. The topological polar surface area (TPSA) is 32.3 Å². The standard InChI is InChI=1S/C13H24N2O/c1-10(7-14-5)8-15-9-11(6-12(15)16)13(2,3)4/h11,14H,1,6-9H2,2-5H3. The lowest BCUT2D eigenvalue weighted by Gasteiger charge is -2.26. The molecule has 0 aromatic carbocycles. The SMILES string of the molecule is C=C(CNC)CN1CC(C(C)(C)C)CC1=O.